The van der Waals surface area contributed by atoms with E-state index in [-0.39, 0.29) is 0 Å². The van der Waals surface area contributed by atoms with Gasteiger partial charge in [-0.05, 0) is 18.6 Å². The molecule has 0 aliphatic carbocycles. The van der Waals surface area contributed by atoms with Crippen molar-refractivity contribution < 1.29 is 9.47 Å². The van der Waals surface area contributed by atoms with E-state index in [1.807, 2.05) is 24.3 Å². The first-order chi connectivity index (χ1) is 9.24. The van der Waals surface area contributed by atoms with Crippen molar-refractivity contribution in [2.24, 2.45) is 0 Å². The van der Waals surface area contributed by atoms with Gasteiger partial charge < -0.3 is 9.47 Å². The summed E-state index contributed by atoms with van der Waals surface area (Å²) in [5.74, 6) is 1.50. The number of rotatable bonds is 4. The molecule has 19 heavy (non-hydrogen) atoms. The van der Waals surface area contributed by atoms with Crippen molar-refractivity contribution in [2.75, 3.05) is 14.2 Å². The lowest BCUT2D eigenvalue weighted by atomic mass is 10.1. The van der Waals surface area contributed by atoms with Crippen molar-refractivity contribution in [3.05, 3.63) is 59.2 Å². The lowest BCUT2D eigenvalue weighted by molar-refractivity contribution is 0.354. The fraction of sp³-hybridized carbons (Fsp3) is 0.176. The van der Waals surface area contributed by atoms with E-state index in [1.54, 1.807) is 14.2 Å². The van der Waals surface area contributed by atoms with Crippen LogP contribution in [0.15, 0.2) is 42.5 Å². The Kier molecular flexibility index (Phi) is 4.24. The van der Waals surface area contributed by atoms with Crippen molar-refractivity contribution in [3.8, 4) is 11.5 Å². The van der Waals surface area contributed by atoms with E-state index in [9.17, 15) is 0 Å². The van der Waals surface area contributed by atoms with E-state index < -0.39 is 0 Å². The Balaban J connectivity index is 2.30. The van der Waals surface area contributed by atoms with Crippen LogP contribution in [0.1, 0.15) is 16.7 Å². The molecule has 98 valence electrons. The van der Waals surface area contributed by atoms with E-state index in [0.717, 1.165) is 22.6 Å². The molecule has 0 unspecified atom stereocenters. The van der Waals surface area contributed by atoms with Gasteiger partial charge in [0.1, 0.15) is 0 Å². The van der Waals surface area contributed by atoms with E-state index >= 15 is 0 Å². The van der Waals surface area contributed by atoms with Gasteiger partial charge in [0.05, 0.1) is 14.2 Å². The lowest BCUT2D eigenvalue weighted by Crippen LogP contribution is -1.92. The smallest absolute Gasteiger partial charge is 0.167 e. The van der Waals surface area contributed by atoms with Crippen LogP contribution in [0.2, 0.25) is 0 Å². The zero-order valence-electron chi connectivity index (χ0n) is 11.5. The summed E-state index contributed by atoms with van der Waals surface area (Å²) in [5.41, 5.74) is 3.43. The Morgan fingerprint density at radius 1 is 0.842 bits per heavy atom. The first kappa shape index (κ1) is 13.2. The minimum absolute atomic E-state index is 0.744. The Morgan fingerprint density at radius 2 is 1.58 bits per heavy atom. The second kappa shape index (κ2) is 6.10. The van der Waals surface area contributed by atoms with Gasteiger partial charge in [-0.2, -0.15) is 0 Å². The molecular formula is C17H18O2. The summed E-state index contributed by atoms with van der Waals surface area (Å²) < 4.78 is 10.7. The van der Waals surface area contributed by atoms with Crippen LogP contribution in [-0.4, -0.2) is 14.2 Å². The number of benzene rings is 2. The van der Waals surface area contributed by atoms with Gasteiger partial charge in [-0.1, -0.05) is 54.1 Å². The average Bonchev–Trinajstić information content (AvgIpc) is 2.46. The Bertz CT molecular complexity index is 568. The van der Waals surface area contributed by atoms with Crippen molar-refractivity contribution in [1.29, 1.82) is 0 Å². The Labute approximate surface area is 114 Å². The number of para-hydroxylation sites is 1. The molecule has 0 N–H and O–H groups in total. The van der Waals surface area contributed by atoms with E-state index in [0.29, 0.717) is 0 Å². The number of hydrogen-bond donors (Lipinski definition) is 0. The first-order valence-corrected chi connectivity index (χ1v) is 6.20. The van der Waals surface area contributed by atoms with Gasteiger partial charge in [-0.15, -0.1) is 0 Å². The van der Waals surface area contributed by atoms with Crippen LogP contribution >= 0.6 is 0 Å². The lowest BCUT2D eigenvalue weighted by Gasteiger charge is -2.09. The molecule has 0 radical (unpaired) electrons. The molecule has 0 aromatic heterocycles. The van der Waals surface area contributed by atoms with Gasteiger partial charge in [0.15, 0.2) is 11.5 Å². The summed E-state index contributed by atoms with van der Waals surface area (Å²) in [7, 11) is 3.30. The summed E-state index contributed by atoms with van der Waals surface area (Å²) >= 11 is 0. The normalized spacial score (nSPS) is 10.7. The summed E-state index contributed by atoms with van der Waals surface area (Å²) in [4.78, 5) is 0. The van der Waals surface area contributed by atoms with E-state index in [2.05, 4.69) is 37.3 Å². The third-order valence-corrected chi connectivity index (χ3v) is 2.97. The third kappa shape index (κ3) is 3.16. The molecule has 2 rings (SSSR count). The minimum Gasteiger partial charge on any atom is -0.493 e. The average molecular weight is 254 g/mol. The molecule has 2 aromatic rings. The fourth-order valence-electron chi connectivity index (χ4n) is 1.91. The second-order valence-corrected chi connectivity index (χ2v) is 4.33. The first-order valence-electron chi connectivity index (χ1n) is 6.20. The maximum absolute atomic E-state index is 5.40. The highest BCUT2D eigenvalue weighted by Crippen LogP contribution is 2.31. The van der Waals surface area contributed by atoms with E-state index in [4.69, 9.17) is 9.47 Å². The Morgan fingerprint density at radius 3 is 2.21 bits per heavy atom. The van der Waals surface area contributed by atoms with E-state index in [1.165, 1.54) is 5.56 Å². The molecule has 0 fully saturated rings. The van der Waals surface area contributed by atoms with Crippen molar-refractivity contribution >= 4 is 12.2 Å². The molecule has 0 saturated heterocycles. The van der Waals surface area contributed by atoms with Crippen LogP contribution in [0.4, 0.5) is 0 Å². The molecule has 0 heterocycles. The minimum atomic E-state index is 0.744. The maximum atomic E-state index is 5.40. The number of methoxy groups -OCH3 is 2. The van der Waals surface area contributed by atoms with Gasteiger partial charge in [0, 0.05) is 5.56 Å². The maximum Gasteiger partial charge on any atom is 0.167 e. The highest BCUT2D eigenvalue weighted by molar-refractivity contribution is 5.74. The molecule has 0 saturated carbocycles. The molecule has 0 aliphatic rings. The van der Waals surface area contributed by atoms with Gasteiger partial charge in [0.25, 0.3) is 0 Å². The standard InChI is InChI=1S/C17H18O2/c1-13-7-9-14(10-8-13)11-12-15-5-4-6-16(18-2)17(15)19-3/h4-12H,1-3H3. The molecule has 0 amide bonds. The zero-order valence-corrected chi connectivity index (χ0v) is 11.5. The van der Waals surface area contributed by atoms with Crippen molar-refractivity contribution in [2.45, 2.75) is 6.92 Å². The molecule has 0 bridgehead atoms. The highest BCUT2D eigenvalue weighted by atomic mass is 16.5. The molecule has 2 heteroatoms. The van der Waals surface area contributed by atoms with Gasteiger partial charge in [-0.25, -0.2) is 0 Å². The molecule has 2 aromatic carbocycles. The van der Waals surface area contributed by atoms with Crippen molar-refractivity contribution in [3.63, 3.8) is 0 Å². The van der Waals surface area contributed by atoms with Gasteiger partial charge in [-0.3, -0.25) is 0 Å². The topological polar surface area (TPSA) is 18.5 Å². The highest BCUT2D eigenvalue weighted by Gasteiger charge is 2.06. The van der Waals surface area contributed by atoms with Crippen LogP contribution in [0.25, 0.3) is 12.2 Å². The summed E-state index contributed by atoms with van der Waals surface area (Å²) in [6.45, 7) is 2.08. The quantitative estimate of drug-likeness (QED) is 0.762. The monoisotopic (exact) mass is 254 g/mol. The number of ether oxygens (including phenoxy) is 2. The number of hydrogen-bond acceptors (Lipinski definition) is 2. The largest absolute Gasteiger partial charge is 0.493 e. The van der Waals surface area contributed by atoms with Crippen LogP contribution in [0.5, 0.6) is 11.5 Å². The summed E-state index contributed by atoms with van der Waals surface area (Å²) in [6, 6.07) is 14.2. The Hall–Kier alpha value is -2.22. The fourth-order valence-corrected chi connectivity index (χ4v) is 1.91. The molecule has 2 nitrogen and oxygen atoms in total. The molecule has 0 atom stereocenters. The molecular weight excluding hydrogens is 236 g/mol. The molecule has 0 spiro atoms. The molecule has 0 aliphatic heterocycles. The predicted octanol–water partition coefficient (Wildman–Crippen LogP) is 4.18. The van der Waals surface area contributed by atoms with Crippen LogP contribution in [0.3, 0.4) is 0 Å². The van der Waals surface area contributed by atoms with Gasteiger partial charge in [0.2, 0.25) is 0 Å². The van der Waals surface area contributed by atoms with Crippen LogP contribution < -0.4 is 9.47 Å². The van der Waals surface area contributed by atoms with Crippen LogP contribution in [0, 0.1) is 6.92 Å². The SMILES string of the molecule is COc1cccc(C=Cc2ccc(C)cc2)c1OC. The van der Waals surface area contributed by atoms with Gasteiger partial charge >= 0.3 is 0 Å². The zero-order chi connectivity index (χ0) is 13.7. The second-order valence-electron chi connectivity index (χ2n) is 4.33. The van der Waals surface area contributed by atoms with Crippen molar-refractivity contribution in [1.82, 2.24) is 0 Å². The predicted molar refractivity (Wildman–Crippen MR) is 79.7 cm³/mol. The third-order valence-electron chi connectivity index (χ3n) is 2.97. The summed E-state index contributed by atoms with van der Waals surface area (Å²) in [6.07, 6.45) is 4.10. The summed E-state index contributed by atoms with van der Waals surface area (Å²) in [5, 5.41) is 0. The van der Waals surface area contributed by atoms with Crippen LogP contribution in [-0.2, 0) is 0 Å². The number of aryl methyl sites for hydroxylation is 1.